The number of hydrogen-bond acceptors (Lipinski definition) is 4. The van der Waals surface area contributed by atoms with Gasteiger partial charge in [0.1, 0.15) is 24.7 Å². The molecule has 0 fully saturated rings. The summed E-state index contributed by atoms with van der Waals surface area (Å²) in [5.74, 6) is -0.461. The van der Waals surface area contributed by atoms with E-state index >= 15 is 0 Å². The summed E-state index contributed by atoms with van der Waals surface area (Å²) in [5, 5.41) is 2.40. The number of nitrogens with one attached hydrogen (secondary N) is 1. The minimum Gasteiger partial charge on any atom is -0.491 e. The lowest BCUT2D eigenvalue weighted by Crippen LogP contribution is -2.41. The van der Waals surface area contributed by atoms with Crippen LogP contribution in [-0.2, 0) is 20.2 Å². The normalized spacial score (nSPS) is 11.8. The van der Waals surface area contributed by atoms with Crippen LogP contribution >= 0.6 is 11.6 Å². The van der Waals surface area contributed by atoms with Crippen LogP contribution in [0.3, 0.4) is 0 Å². The first kappa shape index (κ1) is 24.0. The second-order valence-electron chi connectivity index (χ2n) is 7.81. The van der Waals surface area contributed by atoms with Gasteiger partial charge in [0.15, 0.2) is 0 Å². The van der Waals surface area contributed by atoms with Crippen LogP contribution in [0.25, 0.3) is 0 Å². The van der Waals surface area contributed by atoms with Crippen molar-refractivity contribution in [3.8, 4) is 5.75 Å². The van der Waals surface area contributed by atoms with Crippen LogP contribution in [0.15, 0.2) is 42.5 Å². The number of rotatable bonds is 8. The van der Waals surface area contributed by atoms with Gasteiger partial charge in [0.25, 0.3) is 0 Å². The predicted molar refractivity (Wildman–Crippen MR) is 117 cm³/mol. The molecule has 2 aromatic carbocycles. The van der Waals surface area contributed by atoms with E-state index in [0.29, 0.717) is 0 Å². The molecular weight excluding hydrogens is 431 g/mol. The molecule has 1 amide bonds. The van der Waals surface area contributed by atoms with Gasteiger partial charge in [-0.15, -0.1) is 0 Å². The van der Waals surface area contributed by atoms with Crippen LogP contribution in [0.2, 0.25) is 5.02 Å². The summed E-state index contributed by atoms with van der Waals surface area (Å²) >= 11 is 5.74. The average Bonchev–Trinajstić information content (AvgIpc) is 2.64. The van der Waals surface area contributed by atoms with E-state index in [-0.39, 0.29) is 29.3 Å². The number of anilines is 1. The SMILES string of the molecule is CC(C)(C)c1ccccc1OCCNC(=O)CN(c1ccc(F)c(Cl)c1)S(C)(=O)=O. The number of halogens is 2. The summed E-state index contributed by atoms with van der Waals surface area (Å²) in [5.41, 5.74) is 1.06. The van der Waals surface area contributed by atoms with Crippen molar-refractivity contribution in [2.75, 3.05) is 30.3 Å². The molecule has 0 atom stereocenters. The number of carbonyl (C=O) groups is 1. The number of sulfonamides is 1. The molecule has 2 rings (SSSR count). The smallest absolute Gasteiger partial charge is 0.240 e. The van der Waals surface area contributed by atoms with Crippen molar-refractivity contribution < 1.29 is 22.3 Å². The summed E-state index contributed by atoms with van der Waals surface area (Å²) in [4.78, 5) is 12.3. The Kier molecular flexibility index (Phi) is 7.71. The van der Waals surface area contributed by atoms with E-state index in [9.17, 15) is 17.6 Å². The number of nitrogens with zero attached hydrogens (tertiary/aromatic N) is 1. The van der Waals surface area contributed by atoms with Crippen LogP contribution in [-0.4, -0.2) is 40.3 Å². The maximum absolute atomic E-state index is 13.4. The van der Waals surface area contributed by atoms with Crippen LogP contribution in [0.5, 0.6) is 5.75 Å². The molecule has 0 bridgehead atoms. The maximum Gasteiger partial charge on any atom is 0.240 e. The Morgan fingerprint density at radius 3 is 2.47 bits per heavy atom. The fourth-order valence-corrected chi connectivity index (χ4v) is 3.81. The third kappa shape index (κ3) is 6.60. The molecule has 9 heteroatoms. The van der Waals surface area contributed by atoms with Gasteiger partial charge in [0.05, 0.1) is 23.5 Å². The van der Waals surface area contributed by atoms with Crippen LogP contribution in [0, 0.1) is 5.82 Å². The molecule has 0 aliphatic heterocycles. The third-order valence-electron chi connectivity index (χ3n) is 4.26. The Labute approximate surface area is 182 Å². The highest BCUT2D eigenvalue weighted by Gasteiger charge is 2.22. The monoisotopic (exact) mass is 456 g/mol. The van der Waals surface area contributed by atoms with Crippen molar-refractivity contribution in [1.29, 1.82) is 0 Å². The van der Waals surface area contributed by atoms with Gasteiger partial charge in [-0.1, -0.05) is 50.6 Å². The Balaban J connectivity index is 1.97. The lowest BCUT2D eigenvalue weighted by atomic mass is 9.86. The van der Waals surface area contributed by atoms with Crippen LogP contribution in [0.1, 0.15) is 26.3 Å². The second-order valence-corrected chi connectivity index (χ2v) is 10.1. The van der Waals surface area contributed by atoms with Gasteiger partial charge < -0.3 is 10.1 Å². The largest absolute Gasteiger partial charge is 0.491 e. The molecule has 0 heterocycles. The standard InChI is InChI=1S/C21H26ClFN2O4S/c1-21(2,3)16-7-5-6-8-19(16)29-12-11-24-20(26)14-25(30(4,27)28)15-9-10-18(23)17(22)13-15/h5-10,13H,11-12,14H2,1-4H3,(H,24,26). The number of benzene rings is 2. The average molecular weight is 457 g/mol. The summed E-state index contributed by atoms with van der Waals surface area (Å²) in [6, 6.07) is 11.1. The summed E-state index contributed by atoms with van der Waals surface area (Å²) < 4.78 is 44.2. The van der Waals surface area contributed by atoms with Crippen molar-refractivity contribution in [3.05, 3.63) is 58.9 Å². The molecule has 6 nitrogen and oxygen atoms in total. The van der Waals surface area contributed by atoms with Crippen LogP contribution < -0.4 is 14.4 Å². The summed E-state index contributed by atoms with van der Waals surface area (Å²) in [7, 11) is -3.78. The molecule has 164 valence electrons. The fourth-order valence-electron chi connectivity index (χ4n) is 2.79. The third-order valence-corrected chi connectivity index (χ3v) is 5.69. The van der Waals surface area contributed by atoms with E-state index in [1.54, 1.807) is 0 Å². The zero-order valence-corrected chi connectivity index (χ0v) is 19.0. The van der Waals surface area contributed by atoms with Gasteiger partial charge >= 0.3 is 0 Å². The van der Waals surface area contributed by atoms with Gasteiger partial charge in [-0.3, -0.25) is 9.10 Å². The Bertz CT molecular complexity index is 1010. The lowest BCUT2D eigenvalue weighted by molar-refractivity contribution is -0.119. The lowest BCUT2D eigenvalue weighted by Gasteiger charge is -2.23. The predicted octanol–water partition coefficient (Wildman–Crippen LogP) is 3.74. The summed E-state index contributed by atoms with van der Waals surface area (Å²) in [6.45, 7) is 6.20. The number of para-hydroxylation sites is 1. The minimum absolute atomic E-state index is 0.0910. The Hall–Kier alpha value is -2.32. The van der Waals surface area contributed by atoms with E-state index in [2.05, 4.69) is 26.1 Å². The fraction of sp³-hybridized carbons (Fsp3) is 0.381. The van der Waals surface area contributed by atoms with Gasteiger partial charge in [-0.05, 0) is 35.2 Å². The van der Waals surface area contributed by atoms with Crippen molar-refractivity contribution in [2.24, 2.45) is 0 Å². The Morgan fingerprint density at radius 1 is 1.20 bits per heavy atom. The second kappa shape index (κ2) is 9.66. The zero-order valence-electron chi connectivity index (χ0n) is 17.4. The molecule has 0 spiro atoms. The molecule has 0 saturated heterocycles. The Morgan fingerprint density at radius 2 is 1.87 bits per heavy atom. The molecule has 1 N–H and O–H groups in total. The number of ether oxygens (including phenoxy) is 1. The highest BCUT2D eigenvalue weighted by molar-refractivity contribution is 7.92. The van der Waals surface area contributed by atoms with Gasteiger partial charge in [-0.2, -0.15) is 0 Å². The van der Waals surface area contributed by atoms with E-state index < -0.39 is 28.3 Å². The van der Waals surface area contributed by atoms with Gasteiger partial charge in [0.2, 0.25) is 15.9 Å². The minimum atomic E-state index is -3.78. The topological polar surface area (TPSA) is 75.7 Å². The first-order chi connectivity index (χ1) is 13.9. The van der Waals surface area contributed by atoms with Crippen molar-refractivity contribution in [2.45, 2.75) is 26.2 Å². The van der Waals surface area contributed by atoms with E-state index in [4.69, 9.17) is 16.3 Å². The highest BCUT2D eigenvalue weighted by Crippen LogP contribution is 2.30. The van der Waals surface area contributed by atoms with Crippen molar-refractivity contribution in [1.82, 2.24) is 5.32 Å². The molecule has 30 heavy (non-hydrogen) atoms. The molecule has 0 radical (unpaired) electrons. The quantitative estimate of drug-likeness (QED) is 0.614. The van der Waals surface area contributed by atoms with E-state index in [1.165, 1.54) is 6.07 Å². The van der Waals surface area contributed by atoms with Gasteiger partial charge in [0, 0.05) is 0 Å². The molecule has 0 saturated carbocycles. The number of carbonyl (C=O) groups excluding carboxylic acids is 1. The van der Waals surface area contributed by atoms with Gasteiger partial charge in [-0.25, -0.2) is 12.8 Å². The van der Waals surface area contributed by atoms with Crippen LogP contribution in [0.4, 0.5) is 10.1 Å². The van der Waals surface area contributed by atoms with Crippen molar-refractivity contribution >= 4 is 33.2 Å². The van der Waals surface area contributed by atoms with Crippen molar-refractivity contribution in [3.63, 3.8) is 0 Å². The molecular formula is C21H26ClFN2O4S. The first-order valence-corrected chi connectivity index (χ1v) is 11.5. The molecule has 2 aromatic rings. The summed E-state index contributed by atoms with van der Waals surface area (Å²) in [6.07, 6.45) is 0.962. The number of hydrogen-bond donors (Lipinski definition) is 1. The molecule has 0 unspecified atom stereocenters. The number of amides is 1. The molecule has 0 aliphatic carbocycles. The van der Waals surface area contributed by atoms with E-state index in [1.807, 2.05) is 24.3 Å². The zero-order chi connectivity index (χ0) is 22.5. The highest BCUT2D eigenvalue weighted by atomic mass is 35.5. The first-order valence-electron chi connectivity index (χ1n) is 9.31. The molecule has 0 aromatic heterocycles. The molecule has 0 aliphatic rings. The van der Waals surface area contributed by atoms with E-state index in [0.717, 1.165) is 34.0 Å². The maximum atomic E-state index is 13.4.